The molecular formula is C18H26N4. The van der Waals surface area contributed by atoms with E-state index in [0.717, 1.165) is 26.1 Å². The van der Waals surface area contributed by atoms with E-state index >= 15 is 0 Å². The fourth-order valence-electron chi connectivity index (χ4n) is 3.21. The van der Waals surface area contributed by atoms with Crippen LogP contribution in [0.2, 0.25) is 0 Å². The molecule has 0 bridgehead atoms. The molecule has 0 amide bonds. The van der Waals surface area contributed by atoms with E-state index in [0.29, 0.717) is 6.04 Å². The van der Waals surface area contributed by atoms with E-state index in [1.54, 1.807) is 0 Å². The monoisotopic (exact) mass is 298 g/mol. The van der Waals surface area contributed by atoms with Crippen molar-refractivity contribution < 1.29 is 0 Å². The van der Waals surface area contributed by atoms with Crippen LogP contribution < -0.4 is 5.32 Å². The predicted molar refractivity (Wildman–Crippen MR) is 90.9 cm³/mol. The van der Waals surface area contributed by atoms with Crippen LogP contribution >= 0.6 is 0 Å². The molecule has 1 N–H and O–H groups in total. The van der Waals surface area contributed by atoms with Gasteiger partial charge in [-0.25, -0.2) is 0 Å². The van der Waals surface area contributed by atoms with E-state index < -0.39 is 0 Å². The number of rotatable bonds is 5. The Bertz CT molecular complexity index is 582. The molecule has 0 radical (unpaired) electrons. The van der Waals surface area contributed by atoms with Gasteiger partial charge in [-0.3, -0.25) is 9.58 Å². The molecular weight excluding hydrogens is 272 g/mol. The first-order valence-corrected chi connectivity index (χ1v) is 8.30. The molecule has 1 aliphatic rings. The van der Waals surface area contributed by atoms with Crippen molar-refractivity contribution in [1.29, 1.82) is 0 Å². The molecule has 0 saturated carbocycles. The van der Waals surface area contributed by atoms with E-state index in [4.69, 9.17) is 0 Å². The highest BCUT2D eigenvalue weighted by Crippen LogP contribution is 2.20. The van der Waals surface area contributed by atoms with Crippen LogP contribution in [0.5, 0.6) is 0 Å². The maximum absolute atomic E-state index is 4.51. The van der Waals surface area contributed by atoms with Gasteiger partial charge >= 0.3 is 0 Å². The Morgan fingerprint density at radius 3 is 2.59 bits per heavy atom. The SMILES string of the molecule is CCc1nn(C)cc1NC1CCN(Cc2ccccc2)CC1. The quantitative estimate of drug-likeness (QED) is 0.921. The maximum atomic E-state index is 4.51. The van der Waals surface area contributed by atoms with Crippen molar-refractivity contribution in [2.45, 2.75) is 38.8 Å². The second kappa shape index (κ2) is 6.97. The van der Waals surface area contributed by atoms with Gasteiger partial charge in [0.2, 0.25) is 0 Å². The Labute approximate surface area is 133 Å². The van der Waals surface area contributed by atoms with Crippen molar-refractivity contribution in [3.8, 4) is 0 Å². The van der Waals surface area contributed by atoms with Gasteiger partial charge in [0.25, 0.3) is 0 Å². The van der Waals surface area contributed by atoms with Crippen LogP contribution in [-0.2, 0) is 20.0 Å². The molecule has 118 valence electrons. The molecule has 0 unspecified atom stereocenters. The van der Waals surface area contributed by atoms with E-state index in [1.165, 1.54) is 29.8 Å². The number of nitrogens with one attached hydrogen (secondary N) is 1. The van der Waals surface area contributed by atoms with Gasteiger partial charge in [0.05, 0.1) is 11.4 Å². The summed E-state index contributed by atoms with van der Waals surface area (Å²) in [5.41, 5.74) is 3.80. The lowest BCUT2D eigenvalue weighted by molar-refractivity contribution is 0.211. The van der Waals surface area contributed by atoms with E-state index in [-0.39, 0.29) is 0 Å². The van der Waals surface area contributed by atoms with E-state index in [9.17, 15) is 0 Å². The van der Waals surface area contributed by atoms with Crippen molar-refractivity contribution in [3.05, 3.63) is 47.8 Å². The lowest BCUT2D eigenvalue weighted by atomic mass is 10.0. The summed E-state index contributed by atoms with van der Waals surface area (Å²) in [4.78, 5) is 2.55. The van der Waals surface area contributed by atoms with E-state index in [2.05, 4.69) is 58.8 Å². The Kier molecular flexibility index (Phi) is 4.78. The molecule has 0 atom stereocenters. The summed E-state index contributed by atoms with van der Waals surface area (Å²) in [5, 5.41) is 8.20. The molecule has 0 spiro atoms. The number of piperidine rings is 1. The highest BCUT2D eigenvalue weighted by molar-refractivity contribution is 5.47. The van der Waals surface area contributed by atoms with Crippen LogP contribution in [0.15, 0.2) is 36.5 Å². The minimum Gasteiger partial charge on any atom is -0.379 e. The minimum absolute atomic E-state index is 0.571. The molecule has 2 aromatic rings. The first-order valence-electron chi connectivity index (χ1n) is 8.30. The van der Waals surface area contributed by atoms with Crippen LogP contribution in [0.25, 0.3) is 0 Å². The average Bonchev–Trinajstić information content (AvgIpc) is 2.90. The van der Waals surface area contributed by atoms with Gasteiger partial charge in [-0.2, -0.15) is 5.10 Å². The van der Waals surface area contributed by atoms with Crippen LogP contribution in [0.4, 0.5) is 5.69 Å². The molecule has 1 aromatic heterocycles. The van der Waals surface area contributed by atoms with Gasteiger partial charge in [-0.15, -0.1) is 0 Å². The fourth-order valence-corrected chi connectivity index (χ4v) is 3.21. The predicted octanol–water partition coefficient (Wildman–Crippen LogP) is 3.06. The van der Waals surface area contributed by atoms with Gasteiger partial charge in [-0.1, -0.05) is 37.3 Å². The largest absolute Gasteiger partial charge is 0.379 e. The van der Waals surface area contributed by atoms with Crippen LogP contribution in [0.3, 0.4) is 0 Å². The summed E-state index contributed by atoms with van der Waals surface area (Å²) in [6.45, 7) is 5.55. The zero-order chi connectivity index (χ0) is 15.4. The summed E-state index contributed by atoms with van der Waals surface area (Å²) in [6.07, 6.45) is 5.49. The van der Waals surface area contributed by atoms with Crippen molar-refractivity contribution >= 4 is 5.69 Å². The molecule has 4 nitrogen and oxygen atoms in total. The van der Waals surface area contributed by atoms with Gasteiger partial charge < -0.3 is 5.32 Å². The number of nitrogens with zero attached hydrogens (tertiary/aromatic N) is 3. The van der Waals surface area contributed by atoms with Gasteiger partial charge in [0.1, 0.15) is 0 Å². The molecule has 1 fully saturated rings. The van der Waals surface area contributed by atoms with Gasteiger partial charge in [-0.05, 0) is 24.8 Å². The normalized spacial score (nSPS) is 16.8. The lowest BCUT2D eigenvalue weighted by Gasteiger charge is -2.32. The van der Waals surface area contributed by atoms with Crippen LogP contribution in [0, 0.1) is 0 Å². The molecule has 2 heterocycles. The Morgan fingerprint density at radius 2 is 1.91 bits per heavy atom. The Morgan fingerprint density at radius 1 is 1.18 bits per heavy atom. The zero-order valence-corrected chi connectivity index (χ0v) is 13.6. The summed E-state index contributed by atoms with van der Waals surface area (Å²) in [6, 6.07) is 11.3. The third-order valence-corrected chi connectivity index (χ3v) is 4.44. The number of aromatic nitrogens is 2. The first kappa shape index (κ1) is 15.1. The lowest BCUT2D eigenvalue weighted by Crippen LogP contribution is -2.38. The summed E-state index contributed by atoms with van der Waals surface area (Å²) in [5.74, 6) is 0. The third kappa shape index (κ3) is 3.69. The van der Waals surface area contributed by atoms with Crippen molar-refractivity contribution in [1.82, 2.24) is 14.7 Å². The minimum atomic E-state index is 0.571. The fraction of sp³-hybridized carbons (Fsp3) is 0.500. The molecule has 1 aromatic carbocycles. The third-order valence-electron chi connectivity index (χ3n) is 4.44. The molecule has 0 aliphatic carbocycles. The highest BCUT2D eigenvalue weighted by Gasteiger charge is 2.20. The Balaban J connectivity index is 1.51. The van der Waals surface area contributed by atoms with Gasteiger partial charge in [0.15, 0.2) is 0 Å². The topological polar surface area (TPSA) is 33.1 Å². The average molecular weight is 298 g/mol. The highest BCUT2D eigenvalue weighted by atomic mass is 15.3. The summed E-state index contributed by atoms with van der Waals surface area (Å²) in [7, 11) is 1.99. The Hall–Kier alpha value is -1.81. The zero-order valence-electron chi connectivity index (χ0n) is 13.6. The molecule has 22 heavy (non-hydrogen) atoms. The van der Waals surface area contributed by atoms with Crippen molar-refractivity contribution in [3.63, 3.8) is 0 Å². The molecule has 1 saturated heterocycles. The smallest absolute Gasteiger partial charge is 0.0853 e. The standard InChI is InChI=1S/C18H26N4/c1-3-17-18(14-21(2)20-17)19-16-9-11-22(12-10-16)13-15-7-5-4-6-8-15/h4-8,14,16,19H,3,9-13H2,1-2H3. The summed E-state index contributed by atoms with van der Waals surface area (Å²) >= 11 is 0. The van der Waals surface area contributed by atoms with Crippen LogP contribution in [-0.4, -0.2) is 33.8 Å². The van der Waals surface area contributed by atoms with Crippen LogP contribution in [0.1, 0.15) is 31.0 Å². The van der Waals surface area contributed by atoms with E-state index in [1.807, 2.05) is 11.7 Å². The summed E-state index contributed by atoms with van der Waals surface area (Å²) < 4.78 is 1.91. The number of benzene rings is 1. The van der Waals surface area contributed by atoms with Crippen molar-refractivity contribution in [2.24, 2.45) is 7.05 Å². The van der Waals surface area contributed by atoms with Crippen molar-refractivity contribution in [2.75, 3.05) is 18.4 Å². The second-order valence-electron chi connectivity index (χ2n) is 6.20. The van der Waals surface area contributed by atoms with Gasteiger partial charge in [0, 0.05) is 38.9 Å². The molecule has 1 aliphatic heterocycles. The number of hydrogen-bond acceptors (Lipinski definition) is 3. The second-order valence-corrected chi connectivity index (χ2v) is 6.20. The maximum Gasteiger partial charge on any atom is 0.0853 e. The number of likely N-dealkylation sites (tertiary alicyclic amines) is 1. The first-order chi connectivity index (χ1) is 10.7. The molecule has 3 rings (SSSR count). The number of hydrogen-bond donors (Lipinski definition) is 1. The number of anilines is 1. The molecule has 4 heteroatoms. The number of aryl methyl sites for hydroxylation is 2.